The first-order valence-corrected chi connectivity index (χ1v) is 10.7. The third kappa shape index (κ3) is 5.95. The number of rotatable bonds is 8. The van der Waals surface area contributed by atoms with Crippen molar-refractivity contribution < 1.29 is 38.4 Å². The highest BCUT2D eigenvalue weighted by molar-refractivity contribution is 5.73. The van der Waals surface area contributed by atoms with E-state index in [0.717, 1.165) is 11.1 Å². The van der Waals surface area contributed by atoms with Crippen molar-refractivity contribution in [1.82, 2.24) is 5.32 Å². The van der Waals surface area contributed by atoms with Gasteiger partial charge in [0, 0.05) is 12.5 Å². The van der Waals surface area contributed by atoms with Crippen molar-refractivity contribution >= 4 is 11.9 Å². The fourth-order valence-corrected chi connectivity index (χ4v) is 4.00. The Hall–Kier alpha value is -2.82. The molecule has 1 amide bonds. The van der Waals surface area contributed by atoms with E-state index >= 15 is 0 Å². The van der Waals surface area contributed by atoms with Crippen LogP contribution in [-0.4, -0.2) is 60.8 Å². The minimum absolute atomic E-state index is 0.190. The van der Waals surface area contributed by atoms with Crippen LogP contribution in [-0.2, 0) is 39.9 Å². The number of amides is 1. The van der Waals surface area contributed by atoms with Crippen LogP contribution in [0.2, 0.25) is 0 Å². The summed E-state index contributed by atoms with van der Waals surface area (Å²) in [5.41, 5.74) is 1.74. The number of nitrogens with one attached hydrogen (secondary N) is 1. The maximum Gasteiger partial charge on any atom is 0.329 e. The number of hydrogen-bond donors (Lipinski definition) is 2. The van der Waals surface area contributed by atoms with Crippen LogP contribution in [0, 0.1) is 0 Å². The van der Waals surface area contributed by atoms with Crippen molar-refractivity contribution in [3.63, 3.8) is 0 Å². The van der Waals surface area contributed by atoms with E-state index < -0.39 is 49.5 Å². The van der Waals surface area contributed by atoms with Gasteiger partial charge in [0.05, 0.1) is 13.2 Å². The normalized spacial score (nSPS) is 29.1. The number of fused-ring (bicyclic) bond motifs is 1. The molecule has 6 atom stereocenters. The number of ether oxygens (including phenoxy) is 5. The van der Waals surface area contributed by atoms with Gasteiger partial charge in [0.25, 0.3) is 0 Å². The maximum atomic E-state index is 12.0. The molecule has 0 radical (unpaired) electrons. The summed E-state index contributed by atoms with van der Waals surface area (Å²) in [6.45, 7) is 1.23. The van der Waals surface area contributed by atoms with Gasteiger partial charge in [-0.1, -0.05) is 60.7 Å². The first-order valence-electron chi connectivity index (χ1n) is 10.7. The fraction of sp³-hybridized carbons (Fsp3) is 0.417. The molecule has 0 saturated carbocycles. The third-order valence-electron chi connectivity index (χ3n) is 5.44. The number of carboxylic acids is 1. The molecule has 2 aromatic rings. The molecule has 2 fully saturated rings. The van der Waals surface area contributed by atoms with Crippen LogP contribution in [0.3, 0.4) is 0 Å². The van der Waals surface area contributed by atoms with Crippen LogP contribution in [0.4, 0.5) is 0 Å². The van der Waals surface area contributed by atoms with Crippen molar-refractivity contribution in [2.75, 3.05) is 13.2 Å². The monoisotopic (exact) mass is 457 g/mol. The average Bonchev–Trinajstić information content (AvgIpc) is 2.82. The predicted octanol–water partition coefficient (Wildman–Crippen LogP) is 2.02. The van der Waals surface area contributed by atoms with Gasteiger partial charge < -0.3 is 34.1 Å². The summed E-state index contributed by atoms with van der Waals surface area (Å²) in [5, 5.41) is 12.0. The molecule has 0 aromatic heterocycles. The second kappa shape index (κ2) is 10.9. The van der Waals surface area contributed by atoms with Crippen molar-refractivity contribution in [2.45, 2.75) is 50.5 Å². The smallest absolute Gasteiger partial charge is 0.329 e. The molecule has 2 aliphatic heterocycles. The van der Waals surface area contributed by atoms with Gasteiger partial charge in [-0.3, -0.25) is 4.79 Å². The van der Waals surface area contributed by atoms with Crippen LogP contribution < -0.4 is 5.32 Å². The SMILES string of the molecule is CC(=O)N[C@H]1[C@H](OCc2ccccc2)O[C@@H]2COC(c3ccccc3)O[C@H]2[C@@H]1OCC(=O)O. The highest BCUT2D eigenvalue weighted by Gasteiger charge is 2.51. The van der Waals surface area contributed by atoms with Crippen molar-refractivity contribution in [2.24, 2.45) is 0 Å². The van der Waals surface area contributed by atoms with Gasteiger partial charge in [-0.15, -0.1) is 0 Å². The lowest BCUT2D eigenvalue weighted by Crippen LogP contribution is -2.67. The number of carbonyl (C=O) groups excluding carboxylic acids is 1. The fourth-order valence-electron chi connectivity index (χ4n) is 4.00. The van der Waals surface area contributed by atoms with Gasteiger partial charge in [-0.05, 0) is 5.56 Å². The lowest BCUT2D eigenvalue weighted by atomic mass is 9.95. The second-order valence-electron chi connectivity index (χ2n) is 7.91. The molecule has 0 aliphatic carbocycles. The van der Waals surface area contributed by atoms with Gasteiger partial charge in [-0.25, -0.2) is 4.79 Å². The lowest BCUT2D eigenvalue weighted by molar-refractivity contribution is -0.349. The van der Waals surface area contributed by atoms with E-state index in [-0.39, 0.29) is 19.1 Å². The van der Waals surface area contributed by atoms with E-state index in [1.54, 1.807) is 0 Å². The summed E-state index contributed by atoms with van der Waals surface area (Å²) >= 11 is 0. The van der Waals surface area contributed by atoms with Crippen LogP contribution >= 0.6 is 0 Å². The minimum atomic E-state index is -1.13. The molecule has 0 spiro atoms. The zero-order valence-electron chi connectivity index (χ0n) is 18.2. The van der Waals surface area contributed by atoms with Crippen molar-refractivity contribution in [3.8, 4) is 0 Å². The molecule has 2 N–H and O–H groups in total. The molecule has 2 heterocycles. The summed E-state index contributed by atoms with van der Waals surface area (Å²) in [6, 6.07) is 18.1. The van der Waals surface area contributed by atoms with E-state index in [1.165, 1.54) is 6.92 Å². The topological polar surface area (TPSA) is 113 Å². The Morgan fingerprint density at radius 1 is 1.03 bits per heavy atom. The molecule has 9 nitrogen and oxygen atoms in total. The summed E-state index contributed by atoms with van der Waals surface area (Å²) in [5.74, 6) is -1.46. The summed E-state index contributed by atoms with van der Waals surface area (Å²) in [7, 11) is 0. The van der Waals surface area contributed by atoms with E-state index in [4.69, 9.17) is 23.7 Å². The standard InChI is InChI=1S/C24H27NO8/c1-15(26)25-20-22(29-14-19(27)28)21-18(13-31-23(33-21)17-10-6-3-7-11-17)32-24(20)30-12-16-8-4-2-5-9-16/h2-11,18,20-24H,12-14H2,1H3,(H,25,26)(H,27,28)/t18-,20-,21-,22-,23?,24-/m1/s1. The van der Waals surface area contributed by atoms with E-state index in [1.807, 2.05) is 60.7 Å². The van der Waals surface area contributed by atoms with Gasteiger partial charge in [0.2, 0.25) is 5.91 Å². The van der Waals surface area contributed by atoms with Crippen LogP contribution in [0.5, 0.6) is 0 Å². The molecular weight excluding hydrogens is 430 g/mol. The van der Waals surface area contributed by atoms with Crippen LogP contribution in [0.25, 0.3) is 0 Å². The zero-order chi connectivity index (χ0) is 23.2. The van der Waals surface area contributed by atoms with Gasteiger partial charge in [-0.2, -0.15) is 0 Å². The molecule has 2 aliphatic rings. The second-order valence-corrected chi connectivity index (χ2v) is 7.91. The third-order valence-corrected chi connectivity index (χ3v) is 5.44. The number of carboxylic acid groups (broad SMARTS) is 1. The Bertz CT molecular complexity index is 925. The molecule has 0 bridgehead atoms. The molecule has 4 rings (SSSR count). The Labute approximate surface area is 191 Å². The highest BCUT2D eigenvalue weighted by Crippen LogP contribution is 2.35. The lowest BCUT2D eigenvalue weighted by Gasteiger charge is -2.49. The number of carbonyl (C=O) groups is 2. The number of aliphatic carboxylic acids is 1. The Balaban J connectivity index is 1.56. The van der Waals surface area contributed by atoms with Gasteiger partial charge in [0.15, 0.2) is 12.6 Å². The van der Waals surface area contributed by atoms with E-state index in [0.29, 0.717) is 0 Å². The highest BCUT2D eigenvalue weighted by atomic mass is 16.8. The molecule has 2 aromatic carbocycles. The first-order chi connectivity index (χ1) is 16.0. The molecule has 33 heavy (non-hydrogen) atoms. The van der Waals surface area contributed by atoms with Crippen molar-refractivity contribution in [1.29, 1.82) is 0 Å². The largest absolute Gasteiger partial charge is 0.480 e. The maximum absolute atomic E-state index is 12.0. The first kappa shape index (κ1) is 23.3. The Kier molecular flexibility index (Phi) is 7.69. The Morgan fingerprint density at radius 2 is 1.73 bits per heavy atom. The molecular formula is C24H27NO8. The Morgan fingerprint density at radius 3 is 2.39 bits per heavy atom. The number of benzene rings is 2. The van der Waals surface area contributed by atoms with Gasteiger partial charge in [0.1, 0.15) is 31.0 Å². The minimum Gasteiger partial charge on any atom is -0.480 e. The summed E-state index contributed by atoms with van der Waals surface area (Å²) < 4.78 is 29.9. The predicted molar refractivity (Wildman–Crippen MR) is 115 cm³/mol. The molecule has 2 saturated heterocycles. The van der Waals surface area contributed by atoms with E-state index in [2.05, 4.69) is 5.32 Å². The number of hydrogen-bond acceptors (Lipinski definition) is 7. The van der Waals surface area contributed by atoms with Crippen LogP contribution in [0.1, 0.15) is 24.3 Å². The molecule has 1 unspecified atom stereocenters. The van der Waals surface area contributed by atoms with Crippen LogP contribution in [0.15, 0.2) is 60.7 Å². The molecule has 9 heteroatoms. The van der Waals surface area contributed by atoms with Crippen molar-refractivity contribution in [3.05, 3.63) is 71.8 Å². The quantitative estimate of drug-likeness (QED) is 0.619. The summed E-state index contributed by atoms with van der Waals surface area (Å²) in [6.07, 6.45) is -3.66. The van der Waals surface area contributed by atoms with Gasteiger partial charge >= 0.3 is 5.97 Å². The summed E-state index contributed by atoms with van der Waals surface area (Å²) in [4.78, 5) is 23.3. The molecule has 176 valence electrons. The average molecular weight is 457 g/mol. The van der Waals surface area contributed by atoms with E-state index in [9.17, 15) is 14.7 Å². The zero-order valence-corrected chi connectivity index (χ0v) is 18.2.